The molecule has 0 spiro atoms. The predicted molar refractivity (Wildman–Crippen MR) is 67.4 cm³/mol. The van der Waals surface area contributed by atoms with Crippen molar-refractivity contribution in [1.82, 2.24) is 0 Å². The highest BCUT2D eigenvalue weighted by molar-refractivity contribution is 5.84. The van der Waals surface area contributed by atoms with Gasteiger partial charge >= 0.3 is 0 Å². The Labute approximate surface area is 107 Å². The minimum atomic E-state index is -0.324. The molecule has 4 heteroatoms. The lowest BCUT2D eigenvalue weighted by Crippen LogP contribution is -2.30. The molecule has 1 saturated carbocycles. The summed E-state index contributed by atoms with van der Waals surface area (Å²) < 4.78 is 16.1. The van der Waals surface area contributed by atoms with Crippen LogP contribution >= 0.6 is 0 Å². The summed E-state index contributed by atoms with van der Waals surface area (Å²) in [6, 6.07) is 5.31. The van der Waals surface area contributed by atoms with Gasteiger partial charge in [0.1, 0.15) is 17.2 Å². The van der Waals surface area contributed by atoms with Gasteiger partial charge in [-0.1, -0.05) is 0 Å². The van der Waals surface area contributed by atoms with Crippen molar-refractivity contribution in [2.75, 3.05) is 14.2 Å². The molecule has 1 atom stereocenters. The summed E-state index contributed by atoms with van der Waals surface area (Å²) in [6.45, 7) is 0. The first kappa shape index (κ1) is 12.7. The van der Waals surface area contributed by atoms with Gasteiger partial charge in [-0.2, -0.15) is 0 Å². The van der Waals surface area contributed by atoms with Crippen LogP contribution in [-0.4, -0.2) is 26.1 Å². The Morgan fingerprint density at radius 2 is 1.61 bits per heavy atom. The summed E-state index contributed by atoms with van der Waals surface area (Å²) in [5.74, 6) is 2.12. The maximum absolute atomic E-state index is 11.7. The van der Waals surface area contributed by atoms with Crippen molar-refractivity contribution in [3.05, 3.63) is 18.2 Å². The van der Waals surface area contributed by atoms with Crippen molar-refractivity contribution in [1.29, 1.82) is 0 Å². The van der Waals surface area contributed by atoms with E-state index < -0.39 is 0 Å². The van der Waals surface area contributed by atoms with Gasteiger partial charge in [-0.15, -0.1) is 0 Å². The van der Waals surface area contributed by atoms with E-state index in [0.717, 1.165) is 19.3 Å². The van der Waals surface area contributed by atoms with Crippen LogP contribution < -0.4 is 14.2 Å². The van der Waals surface area contributed by atoms with Crippen molar-refractivity contribution >= 4 is 5.78 Å². The van der Waals surface area contributed by atoms with Crippen LogP contribution in [0.4, 0.5) is 0 Å². The van der Waals surface area contributed by atoms with Gasteiger partial charge in [0.05, 0.1) is 14.2 Å². The molecule has 18 heavy (non-hydrogen) atoms. The summed E-state index contributed by atoms with van der Waals surface area (Å²) in [6.07, 6.45) is 3.09. The fourth-order valence-electron chi connectivity index (χ4n) is 2.09. The molecule has 0 heterocycles. The van der Waals surface area contributed by atoms with Crippen LogP contribution in [0.1, 0.15) is 25.7 Å². The first-order chi connectivity index (χ1) is 8.72. The van der Waals surface area contributed by atoms with Crippen LogP contribution in [0.5, 0.6) is 17.2 Å². The number of Topliss-reactive ketones (excluding diaryl/α,β-unsaturated/α-hetero) is 1. The second-order valence-electron chi connectivity index (χ2n) is 4.37. The standard InChI is InChI=1S/C14H18O4/c1-16-10-7-11(17-2)9-12(8-10)18-14-6-4-3-5-13(14)15/h7-9,14H,3-6H2,1-2H3. The number of carbonyl (C=O) groups is 1. The first-order valence-corrected chi connectivity index (χ1v) is 6.15. The summed E-state index contributed by atoms with van der Waals surface area (Å²) in [4.78, 5) is 11.7. The number of hydrogen-bond acceptors (Lipinski definition) is 4. The Hall–Kier alpha value is -1.71. The molecular weight excluding hydrogens is 232 g/mol. The van der Waals surface area contributed by atoms with E-state index in [1.54, 1.807) is 32.4 Å². The predicted octanol–water partition coefficient (Wildman–Crippen LogP) is 2.59. The fourth-order valence-corrected chi connectivity index (χ4v) is 2.09. The molecule has 0 saturated heterocycles. The molecule has 0 N–H and O–H groups in total. The average Bonchev–Trinajstić information content (AvgIpc) is 2.41. The minimum Gasteiger partial charge on any atom is -0.496 e. The monoisotopic (exact) mass is 250 g/mol. The summed E-state index contributed by atoms with van der Waals surface area (Å²) in [5.41, 5.74) is 0. The molecule has 0 amide bonds. The summed E-state index contributed by atoms with van der Waals surface area (Å²) >= 11 is 0. The van der Waals surface area contributed by atoms with E-state index >= 15 is 0 Å². The van der Waals surface area contributed by atoms with Crippen LogP contribution in [0.15, 0.2) is 18.2 Å². The molecule has 0 radical (unpaired) electrons. The Bertz CT molecular complexity index is 406. The number of methoxy groups -OCH3 is 2. The van der Waals surface area contributed by atoms with Crippen LogP contribution in [0, 0.1) is 0 Å². The number of hydrogen-bond donors (Lipinski definition) is 0. The lowest BCUT2D eigenvalue weighted by atomic mass is 9.96. The van der Waals surface area contributed by atoms with Crippen molar-refractivity contribution in [2.45, 2.75) is 31.8 Å². The van der Waals surface area contributed by atoms with Gasteiger partial charge in [0.2, 0.25) is 0 Å². The molecule has 1 fully saturated rings. The summed E-state index contributed by atoms with van der Waals surface area (Å²) in [5, 5.41) is 0. The van der Waals surface area contributed by atoms with E-state index in [9.17, 15) is 4.79 Å². The van der Waals surface area contributed by atoms with E-state index in [-0.39, 0.29) is 11.9 Å². The maximum Gasteiger partial charge on any atom is 0.173 e. The molecule has 0 aliphatic heterocycles. The zero-order valence-corrected chi connectivity index (χ0v) is 10.8. The second kappa shape index (κ2) is 5.76. The Morgan fingerprint density at radius 3 is 2.17 bits per heavy atom. The van der Waals surface area contributed by atoms with Crippen LogP contribution in [0.3, 0.4) is 0 Å². The van der Waals surface area contributed by atoms with E-state index in [1.807, 2.05) is 0 Å². The minimum absolute atomic E-state index is 0.183. The van der Waals surface area contributed by atoms with Gasteiger partial charge in [-0.3, -0.25) is 4.79 Å². The van der Waals surface area contributed by atoms with Crippen molar-refractivity contribution in [2.24, 2.45) is 0 Å². The second-order valence-corrected chi connectivity index (χ2v) is 4.37. The normalized spacial score (nSPS) is 19.4. The van der Waals surface area contributed by atoms with E-state index in [2.05, 4.69) is 0 Å². The SMILES string of the molecule is COc1cc(OC)cc(OC2CCCCC2=O)c1. The Balaban J connectivity index is 2.14. The van der Waals surface area contributed by atoms with Gasteiger partial charge in [-0.25, -0.2) is 0 Å². The van der Waals surface area contributed by atoms with Crippen LogP contribution in [0.2, 0.25) is 0 Å². The third-order valence-electron chi connectivity index (χ3n) is 3.10. The molecular formula is C14H18O4. The van der Waals surface area contributed by atoms with E-state index in [4.69, 9.17) is 14.2 Å². The molecule has 4 nitrogen and oxygen atoms in total. The molecule has 2 rings (SSSR count). The Kier molecular flexibility index (Phi) is 4.07. The third kappa shape index (κ3) is 2.94. The van der Waals surface area contributed by atoms with Gasteiger partial charge < -0.3 is 14.2 Å². The molecule has 0 bridgehead atoms. The van der Waals surface area contributed by atoms with Crippen LogP contribution in [-0.2, 0) is 4.79 Å². The molecule has 1 aliphatic rings. The lowest BCUT2D eigenvalue weighted by molar-refractivity contribution is -0.127. The molecule has 1 aromatic rings. The maximum atomic E-state index is 11.7. The van der Waals surface area contributed by atoms with Gasteiger partial charge in [-0.05, 0) is 19.3 Å². The van der Waals surface area contributed by atoms with Gasteiger partial charge in [0.15, 0.2) is 11.9 Å². The number of carbonyl (C=O) groups excluding carboxylic acids is 1. The molecule has 1 unspecified atom stereocenters. The van der Waals surface area contributed by atoms with Gasteiger partial charge in [0, 0.05) is 24.6 Å². The fraction of sp³-hybridized carbons (Fsp3) is 0.500. The quantitative estimate of drug-likeness (QED) is 0.824. The Morgan fingerprint density at radius 1 is 1.00 bits per heavy atom. The highest BCUT2D eigenvalue weighted by Crippen LogP contribution is 2.29. The highest BCUT2D eigenvalue weighted by Gasteiger charge is 2.24. The number of ether oxygens (including phenoxy) is 3. The smallest absolute Gasteiger partial charge is 0.173 e. The lowest BCUT2D eigenvalue weighted by Gasteiger charge is -2.22. The zero-order valence-electron chi connectivity index (χ0n) is 10.8. The zero-order chi connectivity index (χ0) is 13.0. The highest BCUT2D eigenvalue weighted by atomic mass is 16.5. The van der Waals surface area contributed by atoms with Crippen molar-refractivity contribution < 1.29 is 19.0 Å². The number of ketones is 1. The van der Waals surface area contributed by atoms with Gasteiger partial charge in [0.25, 0.3) is 0 Å². The first-order valence-electron chi connectivity index (χ1n) is 6.15. The summed E-state index contributed by atoms with van der Waals surface area (Å²) in [7, 11) is 3.18. The molecule has 98 valence electrons. The molecule has 0 aromatic heterocycles. The van der Waals surface area contributed by atoms with E-state index in [0.29, 0.717) is 23.7 Å². The molecule has 1 aromatic carbocycles. The van der Waals surface area contributed by atoms with Crippen molar-refractivity contribution in [3.8, 4) is 17.2 Å². The van der Waals surface area contributed by atoms with Crippen LogP contribution in [0.25, 0.3) is 0 Å². The largest absolute Gasteiger partial charge is 0.496 e. The average molecular weight is 250 g/mol. The van der Waals surface area contributed by atoms with E-state index in [1.165, 1.54) is 0 Å². The topological polar surface area (TPSA) is 44.8 Å². The number of rotatable bonds is 4. The molecule has 1 aliphatic carbocycles. The third-order valence-corrected chi connectivity index (χ3v) is 3.10. The number of benzene rings is 1. The van der Waals surface area contributed by atoms with Crippen molar-refractivity contribution in [3.63, 3.8) is 0 Å².